The second-order valence-corrected chi connectivity index (χ2v) is 16.3. The molecule has 0 amide bonds. The van der Waals surface area contributed by atoms with Crippen LogP contribution in [0.2, 0.25) is 0 Å². The summed E-state index contributed by atoms with van der Waals surface area (Å²) in [5, 5.41) is 6.67. The van der Waals surface area contributed by atoms with Gasteiger partial charge in [-0.15, -0.1) is 0 Å². The summed E-state index contributed by atoms with van der Waals surface area (Å²) in [5.74, 6) is 0. The van der Waals surface area contributed by atoms with Gasteiger partial charge in [-0.2, -0.15) is 0 Å². The van der Waals surface area contributed by atoms with Crippen LogP contribution in [0.3, 0.4) is 0 Å². The van der Waals surface area contributed by atoms with Gasteiger partial charge in [0.05, 0.1) is 16.5 Å². The predicted octanol–water partition coefficient (Wildman–Crippen LogP) is 16.1. The van der Waals surface area contributed by atoms with Crippen molar-refractivity contribution >= 4 is 71.7 Å². The first-order valence-electron chi connectivity index (χ1n) is 21.2. The molecule has 290 valence electrons. The monoisotopic (exact) mass is 791 g/mol. The number of furan rings is 2. The Morgan fingerprint density at radius 3 is 1.82 bits per heavy atom. The van der Waals surface area contributed by atoms with Crippen LogP contribution in [0.1, 0.15) is 22.3 Å². The molecule has 1 aliphatic carbocycles. The number of rotatable bonds is 6. The third-order valence-electron chi connectivity index (χ3n) is 13.1. The summed E-state index contributed by atoms with van der Waals surface area (Å²) in [4.78, 5) is 2.43. The van der Waals surface area contributed by atoms with Gasteiger partial charge in [0.15, 0.2) is 0 Å². The summed E-state index contributed by atoms with van der Waals surface area (Å²) >= 11 is 0. The van der Waals surface area contributed by atoms with Crippen LogP contribution in [0.5, 0.6) is 0 Å². The van der Waals surface area contributed by atoms with Crippen molar-refractivity contribution in [2.24, 2.45) is 0 Å². The lowest BCUT2D eigenvalue weighted by Crippen LogP contribution is -2.28. The van der Waals surface area contributed by atoms with Gasteiger partial charge in [-0.1, -0.05) is 170 Å². The lowest BCUT2D eigenvalue weighted by Gasteiger charge is -2.35. The van der Waals surface area contributed by atoms with Crippen molar-refractivity contribution in [1.82, 2.24) is 0 Å². The van der Waals surface area contributed by atoms with Gasteiger partial charge < -0.3 is 13.7 Å². The first-order chi connectivity index (χ1) is 30.8. The van der Waals surface area contributed by atoms with E-state index in [1.807, 2.05) is 6.07 Å². The normalized spacial score (nSPS) is 13.0. The van der Waals surface area contributed by atoms with E-state index in [0.717, 1.165) is 77.5 Å². The number of benzene rings is 10. The van der Waals surface area contributed by atoms with Crippen LogP contribution in [-0.4, -0.2) is 0 Å². The summed E-state index contributed by atoms with van der Waals surface area (Å²) in [6.07, 6.45) is 0. The van der Waals surface area contributed by atoms with Gasteiger partial charge in [-0.3, -0.25) is 0 Å². The first-order valence-corrected chi connectivity index (χ1v) is 21.2. The van der Waals surface area contributed by atoms with E-state index in [2.05, 4.69) is 223 Å². The smallest absolute Gasteiger partial charge is 0.143 e. The third kappa shape index (κ3) is 4.94. The van der Waals surface area contributed by atoms with Crippen molar-refractivity contribution in [3.05, 3.63) is 247 Å². The van der Waals surface area contributed by atoms with E-state index in [1.165, 1.54) is 38.8 Å². The highest BCUT2D eigenvalue weighted by Crippen LogP contribution is 2.57. The highest BCUT2D eigenvalue weighted by Gasteiger charge is 2.46. The molecule has 62 heavy (non-hydrogen) atoms. The van der Waals surface area contributed by atoms with Crippen molar-refractivity contribution in [2.45, 2.75) is 5.41 Å². The SMILES string of the molecule is c1ccc(C2(c3ccccc3)c3ccccc3-c3ccc(N(c4cccc(-c5cccc6oc7c8ccccc8ccc7c56)c4)c4cccc5oc6ccccc6c45)cc32)cc1. The Bertz CT molecular complexity index is 3670. The molecular formula is C59H37NO2. The zero-order valence-electron chi connectivity index (χ0n) is 33.6. The largest absolute Gasteiger partial charge is 0.456 e. The Morgan fingerprint density at radius 2 is 0.984 bits per heavy atom. The van der Waals surface area contributed by atoms with Gasteiger partial charge in [0.25, 0.3) is 0 Å². The van der Waals surface area contributed by atoms with E-state index in [1.54, 1.807) is 0 Å². The summed E-state index contributed by atoms with van der Waals surface area (Å²) in [5.41, 5.74) is 15.8. The second kappa shape index (κ2) is 13.4. The van der Waals surface area contributed by atoms with E-state index in [9.17, 15) is 0 Å². The maximum atomic E-state index is 6.67. The van der Waals surface area contributed by atoms with Crippen LogP contribution in [0.15, 0.2) is 233 Å². The number of hydrogen-bond acceptors (Lipinski definition) is 3. The Labute approximate surface area is 358 Å². The number of hydrogen-bond donors (Lipinski definition) is 0. The minimum absolute atomic E-state index is 0.547. The fourth-order valence-electron chi connectivity index (χ4n) is 10.5. The Morgan fingerprint density at radius 1 is 0.355 bits per heavy atom. The molecule has 10 aromatic carbocycles. The molecule has 0 saturated carbocycles. The summed E-state index contributed by atoms with van der Waals surface area (Å²) in [7, 11) is 0. The van der Waals surface area contributed by atoms with E-state index in [4.69, 9.17) is 8.83 Å². The topological polar surface area (TPSA) is 29.5 Å². The van der Waals surface area contributed by atoms with Crippen molar-refractivity contribution in [3.63, 3.8) is 0 Å². The maximum Gasteiger partial charge on any atom is 0.143 e. The third-order valence-corrected chi connectivity index (χ3v) is 13.1. The summed E-state index contributed by atoms with van der Waals surface area (Å²) in [6, 6.07) is 81.1. The van der Waals surface area contributed by atoms with Gasteiger partial charge >= 0.3 is 0 Å². The minimum atomic E-state index is -0.547. The van der Waals surface area contributed by atoms with Crippen molar-refractivity contribution in [3.8, 4) is 22.3 Å². The molecule has 2 heterocycles. The standard InChI is InChI=1S/C59H37NO2/c1-3-18-40(19-4-1)59(41-20-5-2-6-21-41)50-27-11-9-24-46(50)47-35-33-43(37-51(47)59)60(52-28-15-31-55-57(52)48-25-10-12-29-53(48)61-55)42-22-13-17-39(36-42)44-26-14-30-54-56(44)49-34-32-38-16-7-8-23-45(38)58(49)62-54/h1-37H. The molecule has 0 fully saturated rings. The van der Waals surface area contributed by atoms with E-state index >= 15 is 0 Å². The minimum Gasteiger partial charge on any atom is -0.456 e. The molecule has 1 aliphatic rings. The molecule has 2 aromatic heterocycles. The van der Waals surface area contributed by atoms with Crippen LogP contribution in [0, 0.1) is 0 Å². The molecule has 12 aromatic rings. The molecule has 0 atom stereocenters. The number of fused-ring (bicyclic) bond motifs is 11. The Kier molecular flexibility index (Phi) is 7.52. The van der Waals surface area contributed by atoms with Gasteiger partial charge in [-0.25, -0.2) is 0 Å². The number of nitrogens with zero attached hydrogens (tertiary/aromatic N) is 1. The van der Waals surface area contributed by atoms with Crippen molar-refractivity contribution in [2.75, 3.05) is 4.90 Å². The Balaban J connectivity index is 1.08. The molecule has 0 N–H and O–H groups in total. The van der Waals surface area contributed by atoms with Crippen LogP contribution < -0.4 is 4.90 Å². The van der Waals surface area contributed by atoms with Gasteiger partial charge in [0.2, 0.25) is 0 Å². The van der Waals surface area contributed by atoms with Crippen LogP contribution in [-0.2, 0) is 5.41 Å². The zero-order chi connectivity index (χ0) is 40.8. The highest BCUT2D eigenvalue weighted by atomic mass is 16.3. The molecular weight excluding hydrogens is 755 g/mol. The molecule has 3 nitrogen and oxygen atoms in total. The summed E-state index contributed by atoms with van der Waals surface area (Å²) in [6.45, 7) is 0. The fourth-order valence-corrected chi connectivity index (χ4v) is 10.5. The van der Waals surface area contributed by atoms with Crippen LogP contribution >= 0.6 is 0 Å². The molecule has 0 radical (unpaired) electrons. The summed E-state index contributed by atoms with van der Waals surface area (Å²) < 4.78 is 13.2. The Hall–Kier alpha value is -8.14. The zero-order valence-corrected chi connectivity index (χ0v) is 33.6. The average Bonchev–Trinajstić information content (AvgIpc) is 4.01. The lowest BCUT2D eigenvalue weighted by molar-refractivity contribution is 0.669. The van der Waals surface area contributed by atoms with E-state index in [-0.39, 0.29) is 0 Å². The lowest BCUT2D eigenvalue weighted by atomic mass is 9.67. The molecule has 0 spiro atoms. The highest BCUT2D eigenvalue weighted by molar-refractivity contribution is 6.19. The van der Waals surface area contributed by atoms with Gasteiger partial charge in [0.1, 0.15) is 22.3 Å². The van der Waals surface area contributed by atoms with Crippen LogP contribution in [0.4, 0.5) is 17.1 Å². The molecule has 0 bridgehead atoms. The fraction of sp³-hybridized carbons (Fsp3) is 0.0169. The molecule has 0 saturated heterocycles. The second-order valence-electron chi connectivity index (χ2n) is 16.3. The average molecular weight is 792 g/mol. The van der Waals surface area contributed by atoms with Gasteiger partial charge in [0, 0.05) is 32.9 Å². The van der Waals surface area contributed by atoms with E-state index in [0.29, 0.717) is 0 Å². The van der Waals surface area contributed by atoms with Crippen molar-refractivity contribution in [1.29, 1.82) is 0 Å². The number of para-hydroxylation sites is 1. The molecule has 13 rings (SSSR count). The molecule has 0 aliphatic heterocycles. The van der Waals surface area contributed by atoms with E-state index < -0.39 is 5.41 Å². The maximum absolute atomic E-state index is 6.67. The molecule has 3 heteroatoms. The quantitative estimate of drug-likeness (QED) is 0.168. The first kappa shape index (κ1) is 34.7. The van der Waals surface area contributed by atoms with Crippen molar-refractivity contribution < 1.29 is 8.83 Å². The van der Waals surface area contributed by atoms with Crippen LogP contribution in [0.25, 0.3) is 76.9 Å². The predicted molar refractivity (Wildman–Crippen MR) is 256 cm³/mol. The molecule has 0 unspecified atom stereocenters. The number of anilines is 3. The van der Waals surface area contributed by atoms with Gasteiger partial charge in [-0.05, 0) is 104 Å².